The Bertz CT molecular complexity index is 633. The molecule has 51 heavy (non-hydrogen) atoms. The first-order valence-corrected chi connectivity index (χ1v) is 24.1. The first-order valence-electron chi connectivity index (χ1n) is 24.1. The molecule has 306 valence electrons. The zero-order valence-electron chi connectivity index (χ0n) is 36.0. The highest BCUT2D eigenvalue weighted by molar-refractivity contribution is 5.69. The Morgan fingerprint density at radius 1 is 0.373 bits per heavy atom. The van der Waals surface area contributed by atoms with E-state index >= 15 is 0 Å². The van der Waals surface area contributed by atoms with Crippen molar-refractivity contribution < 1.29 is 9.53 Å². The number of carbonyl (C=O) groups excluding carboxylic acids is 1. The van der Waals surface area contributed by atoms with E-state index in [1.165, 1.54) is 244 Å². The van der Waals surface area contributed by atoms with Crippen LogP contribution in [0.2, 0.25) is 0 Å². The van der Waals surface area contributed by atoms with Gasteiger partial charge in [-0.3, -0.25) is 4.79 Å². The Morgan fingerprint density at radius 3 is 1.12 bits per heavy atom. The van der Waals surface area contributed by atoms with Gasteiger partial charge in [-0.15, -0.1) is 0 Å². The zero-order chi connectivity index (χ0) is 37.1. The van der Waals surface area contributed by atoms with Gasteiger partial charge in [0.1, 0.15) is 0 Å². The fourth-order valence-electron chi connectivity index (χ4n) is 7.91. The van der Waals surface area contributed by atoms with Gasteiger partial charge in [-0.2, -0.15) is 0 Å². The maximum Gasteiger partial charge on any atom is 0.305 e. The molecular formula is C48H97NO2. The topological polar surface area (TPSA) is 29.5 Å². The molecule has 0 spiro atoms. The molecule has 0 aromatic heterocycles. The molecule has 1 atom stereocenters. The number of esters is 1. The molecule has 0 saturated carbocycles. The Labute approximate surface area is 323 Å². The molecule has 0 aromatic carbocycles. The SMILES string of the molecule is CCCCCCCCCCCCCC(=O)OCCCC(CCCCCCCCC)CCCN(CCCCCCCCC)CCCCCCCCC. The van der Waals surface area contributed by atoms with Gasteiger partial charge in [0.25, 0.3) is 0 Å². The van der Waals surface area contributed by atoms with Gasteiger partial charge in [-0.25, -0.2) is 0 Å². The number of ether oxygens (including phenoxy) is 1. The summed E-state index contributed by atoms with van der Waals surface area (Å²) < 4.78 is 5.73. The first-order chi connectivity index (χ1) is 25.2. The molecule has 0 N–H and O–H groups in total. The Morgan fingerprint density at radius 2 is 0.686 bits per heavy atom. The monoisotopic (exact) mass is 720 g/mol. The van der Waals surface area contributed by atoms with Crippen LogP contribution in [-0.2, 0) is 9.53 Å². The highest BCUT2D eigenvalue weighted by Gasteiger charge is 2.12. The van der Waals surface area contributed by atoms with Gasteiger partial charge in [-0.1, -0.05) is 220 Å². The maximum absolute atomic E-state index is 12.4. The molecule has 0 heterocycles. The summed E-state index contributed by atoms with van der Waals surface area (Å²) in [6.45, 7) is 13.8. The van der Waals surface area contributed by atoms with Crippen molar-refractivity contribution in [2.75, 3.05) is 26.2 Å². The summed E-state index contributed by atoms with van der Waals surface area (Å²) in [4.78, 5) is 15.3. The third kappa shape index (κ3) is 40.5. The molecule has 0 aliphatic carbocycles. The number of hydrogen-bond acceptors (Lipinski definition) is 3. The second kappa shape index (κ2) is 43.8. The average Bonchev–Trinajstić information content (AvgIpc) is 3.13. The molecule has 0 bridgehead atoms. The largest absolute Gasteiger partial charge is 0.466 e. The van der Waals surface area contributed by atoms with Gasteiger partial charge in [0.05, 0.1) is 6.61 Å². The lowest BCUT2D eigenvalue weighted by Gasteiger charge is -2.24. The molecule has 0 aromatic rings. The molecule has 3 nitrogen and oxygen atoms in total. The lowest BCUT2D eigenvalue weighted by molar-refractivity contribution is -0.144. The fraction of sp³-hybridized carbons (Fsp3) is 0.979. The highest BCUT2D eigenvalue weighted by atomic mass is 16.5. The Balaban J connectivity index is 4.51. The molecule has 0 rings (SSSR count). The van der Waals surface area contributed by atoms with Crippen molar-refractivity contribution >= 4 is 5.97 Å². The smallest absolute Gasteiger partial charge is 0.305 e. The molecule has 3 heteroatoms. The predicted molar refractivity (Wildman–Crippen MR) is 229 cm³/mol. The highest BCUT2D eigenvalue weighted by Crippen LogP contribution is 2.23. The molecule has 0 saturated heterocycles. The van der Waals surface area contributed by atoms with Crippen LogP contribution in [0.3, 0.4) is 0 Å². The van der Waals surface area contributed by atoms with Crippen LogP contribution in [-0.4, -0.2) is 37.1 Å². The molecule has 0 fully saturated rings. The quantitative estimate of drug-likeness (QED) is 0.0464. The number of hydrogen-bond donors (Lipinski definition) is 0. The van der Waals surface area contributed by atoms with E-state index in [9.17, 15) is 4.79 Å². The van der Waals surface area contributed by atoms with Crippen molar-refractivity contribution in [1.29, 1.82) is 0 Å². The molecule has 0 amide bonds. The zero-order valence-corrected chi connectivity index (χ0v) is 36.0. The van der Waals surface area contributed by atoms with E-state index < -0.39 is 0 Å². The Kier molecular flexibility index (Phi) is 43.3. The van der Waals surface area contributed by atoms with E-state index in [1.807, 2.05) is 0 Å². The second-order valence-corrected chi connectivity index (χ2v) is 16.7. The molecule has 1 unspecified atom stereocenters. The molecule has 0 aliphatic rings. The van der Waals surface area contributed by atoms with Gasteiger partial charge < -0.3 is 9.64 Å². The van der Waals surface area contributed by atoms with Crippen molar-refractivity contribution in [2.24, 2.45) is 5.92 Å². The van der Waals surface area contributed by atoms with E-state index in [0.717, 1.165) is 18.8 Å². The van der Waals surface area contributed by atoms with E-state index in [1.54, 1.807) is 0 Å². The van der Waals surface area contributed by atoms with Gasteiger partial charge in [-0.05, 0) is 70.5 Å². The fourth-order valence-corrected chi connectivity index (χ4v) is 7.91. The van der Waals surface area contributed by atoms with Crippen LogP contribution in [0.1, 0.15) is 272 Å². The summed E-state index contributed by atoms with van der Waals surface area (Å²) in [5.74, 6) is 0.839. The summed E-state index contributed by atoms with van der Waals surface area (Å²) in [6.07, 6.45) is 50.9. The summed E-state index contributed by atoms with van der Waals surface area (Å²) in [5.41, 5.74) is 0. The van der Waals surface area contributed by atoms with Crippen molar-refractivity contribution in [2.45, 2.75) is 272 Å². The summed E-state index contributed by atoms with van der Waals surface area (Å²) in [6, 6.07) is 0. The number of carbonyl (C=O) groups is 1. The van der Waals surface area contributed by atoms with E-state index in [4.69, 9.17) is 4.74 Å². The third-order valence-electron chi connectivity index (χ3n) is 11.5. The van der Waals surface area contributed by atoms with Crippen LogP contribution in [0.5, 0.6) is 0 Å². The van der Waals surface area contributed by atoms with Crippen LogP contribution in [0, 0.1) is 5.92 Å². The van der Waals surface area contributed by atoms with Gasteiger partial charge in [0, 0.05) is 6.42 Å². The third-order valence-corrected chi connectivity index (χ3v) is 11.5. The van der Waals surface area contributed by atoms with E-state index in [2.05, 4.69) is 32.6 Å². The van der Waals surface area contributed by atoms with E-state index in [-0.39, 0.29) is 5.97 Å². The molecule has 0 aliphatic heterocycles. The minimum Gasteiger partial charge on any atom is -0.466 e. The molecule has 0 radical (unpaired) electrons. The maximum atomic E-state index is 12.4. The molecular weight excluding hydrogens is 623 g/mol. The van der Waals surface area contributed by atoms with Crippen molar-refractivity contribution in [1.82, 2.24) is 4.90 Å². The number of nitrogens with zero attached hydrogens (tertiary/aromatic N) is 1. The standard InChI is InChI=1S/C48H97NO2/c1-5-9-13-17-21-22-23-24-26-30-34-42-48(50)51-46-38-41-47(39-33-29-25-18-14-10-6-2)40-37-45-49(43-35-31-27-19-15-11-7-3)44-36-32-28-20-16-12-8-4/h47H,5-46H2,1-4H3. The predicted octanol–water partition coefficient (Wildman–Crippen LogP) is 16.4. The first kappa shape index (κ1) is 50.4. The van der Waals surface area contributed by atoms with Gasteiger partial charge in [0.2, 0.25) is 0 Å². The minimum absolute atomic E-state index is 0.0425. The lowest BCUT2D eigenvalue weighted by Crippen LogP contribution is -2.27. The van der Waals surface area contributed by atoms with Crippen LogP contribution in [0.15, 0.2) is 0 Å². The van der Waals surface area contributed by atoms with Crippen molar-refractivity contribution in [3.8, 4) is 0 Å². The normalized spacial score (nSPS) is 12.3. The summed E-state index contributed by atoms with van der Waals surface area (Å²) in [5, 5.41) is 0. The van der Waals surface area contributed by atoms with Crippen molar-refractivity contribution in [3.05, 3.63) is 0 Å². The number of unbranched alkanes of at least 4 members (excludes halogenated alkanes) is 28. The minimum atomic E-state index is 0.0425. The lowest BCUT2D eigenvalue weighted by atomic mass is 9.91. The van der Waals surface area contributed by atoms with Crippen LogP contribution in [0.4, 0.5) is 0 Å². The van der Waals surface area contributed by atoms with Crippen LogP contribution in [0.25, 0.3) is 0 Å². The summed E-state index contributed by atoms with van der Waals surface area (Å²) in [7, 11) is 0. The second-order valence-electron chi connectivity index (χ2n) is 16.7. The van der Waals surface area contributed by atoms with Crippen molar-refractivity contribution in [3.63, 3.8) is 0 Å². The van der Waals surface area contributed by atoms with Gasteiger partial charge in [0.15, 0.2) is 0 Å². The average molecular weight is 720 g/mol. The Hall–Kier alpha value is -0.570. The van der Waals surface area contributed by atoms with Gasteiger partial charge >= 0.3 is 5.97 Å². The van der Waals surface area contributed by atoms with Crippen LogP contribution >= 0.6 is 0 Å². The van der Waals surface area contributed by atoms with Crippen LogP contribution < -0.4 is 0 Å². The number of rotatable bonds is 44. The summed E-state index contributed by atoms with van der Waals surface area (Å²) >= 11 is 0. The van der Waals surface area contributed by atoms with E-state index in [0.29, 0.717) is 13.0 Å².